The second-order valence-corrected chi connectivity index (χ2v) is 7.00. The number of aromatic nitrogens is 2. The van der Waals surface area contributed by atoms with Gasteiger partial charge in [-0.05, 0) is 35.2 Å². The molecule has 0 unspecified atom stereocenters. The van der Waals surface area contributed by atoms with Crippen molar-refractivity contribution < 1.29 is 23.0 Å². The van der Waals surface area contributed by atoms with Crippen molar-refractivity contribution in [1.82, 2.24) is 9.97 Å². The lowest BCUT2D eigenvalue weighted by Crippen LogP contribution is -2.08. The zero-order valence-electron chi connectivity index (χ0n) is 15.4. The van der Waals surface area contributed by atoms with Crippen LogP contribution < -0.4 is 4.74 Å². The summed E-state index contributed by atoms with van der Waals surface area (Å²) in [4.78, 5) is 22.5. The molecule has 0 fully saturated rings. The molecule has 0 bridgehead atoms. The SMILES string of the molecule is COC(=O)c1c(OC)c(-c2ccc(F)c(F)c2)cc2nc(-c3cccs3)cnc12. The number of carbonyl (C=O) groups excluding carboxylic acids is 1. The fraction of sp³-hybridized carbons (Fsp3) is 0.0952. The predicted molar refractivity (Wildman–Crippen MR) is 106 cm³/mol. The number of halogens is 2. The summed E-state index contributed by atoms with van der Waals surface area (Å²) in [5.41, 5.74) is 2.09. The van der Waals surface area contributed by atoms with Crippen molar-refractivity contribution in [1.29, 1.82) is 0 Å². The van der Waals surface area contributed by atoms with Crippen LogP contribution in [0.4, 0.5) is 8.78 Å². The zero-order valence-corrected chi connectivity index (χ0v) is 16.2. The van der Waals surface area contributed by atoms with Crippen LogP contribution in [0.5, 0.6) is 5.75 Å². The third-order valence-electron chi connectivity index (χ3n) is 4.39. The summed E-state index contributed by atoms with van der Waals surface area (Å²) < 4.78 is 37.6. The highest BCUT2D eigenvalue weighted by atomic mass is 32.1. The van der Waals surface area contributed by atoms with E-state index in [2.05, 4.69) is 9.97 Å². The van der Waals surface area contributed by atoms with Gasteiger partial charge in [0.05, 0.1) is 36.5 Å². The molecule has 0 radical (unpaired) electrons. The first-order valence-electron chi connectivity index (χ1n) is 8.49. The maximum atomic E-state index is 13.9. The summed E-state index contributed by atoms with van der Waals surface area (Å²) in [5.74, 6) is -2.51. The number of nitrogens with zero attached hydrogens (tertiary/aromatic N) is 2. The van der Waals surface area contributed by atoms with Crippen LogP contribution in [0, 0.1) is 11.6 Å². The predicted octanol–water partition coefficient (Wildman–Crippen LogP) is 5.10. The number of hydrogen-bond donors (Lipinski definition) is 0. The molecule has 146 valence electrons. The van der Waals surface area contributed by atoms with Gasteiger partial charge in [-0.3, -0.25) is 4.98 Å². The van der Waals surface area contributed by atoms with Crippen molar-refractivity contribution in [2.45, 2.75) is 0 Å². The van der Waals surface area contributed by atoms with Gasteiger partial charge in [0, 0.05) is 5.56 Å². The normalized spacial score (nSPS) is 10.9. The Morgan fingerprint density at radius 3 is 2.59 bits per heavy atom. The van der Waals surface area contributed by atoms with Gasteiger partial charge >= 0.3 is 5.97 Å². The number of benzene rings is 2. The Morgan fingerprint density at radius 2 is 1.93 bits per heavy atom. The van der Waals surface area contributed by atoms with Crippen LogP contribution in [0.2, 0.25) is 0 Å². The number of carbonyl (C=O) groups is 1. The van der Waals surface area contributed by atoms with Gasteiger partial charge < -0.3 is 9.47 Å². The molecule has 29 heavy (non-hydrogen) atoms. The van der Waals surface area contributed by atoms with Crippen molar-refractivity contribution >= 4 is 28.3 Å². The highest BCUT2D eigenvalue weighted by molar-refractivity contribution is 7.13. The van der Waals surface area contributed by atoms with Crippen LogP contribution >= 0.6 is 11.3 Å². The van der Waals surface area contributed by atoms with E-state index in [9.17, 15) is 13.6 Å². The Kier molecular flexibility index (Phi) is 4.94. The van der Waals surface area contributed by atoms with E-state index in [1.165, 1.54) is 31.6 Å². The Balaban J connectivity index is 2.05. The Bertz CT molecular complexity index is 1230. The van der Waals surface area contributed by atoms with Crippen LogP contribution in [0.25, 0.3) is 32.7 Å². The highest BCUT2D eigenvalue weighted by Gasteiger charge is 2.24. The maximum Gasteiger partial charge on any atom is 0.343 e. The Labute approximate surface area is 168 Å². The average Bonchev–Trinajstić information content (AvgIpc) is 3.28. The largest absolute Gasteiger partial charge is 0.495 e. The van der Waals surface area contributed by atoms with Gasteiger partial charge in [0.1, 0.15) is 16.8 Å². The van der Waals surface area contributed by atoms with Crippen molar-refractivity contribution in [2.24, 2.45) is 0 Å². The molecule has 2 heterocycles. The molecule has 2 aromatic heterocycles. The molecule has 5 nitrogen and oxygen atoms in total. The fourth-order valence-corrected chi connectivity index (χ4v) is 3.75. The van der Waals surface area contributed by atoms with Gasteiger partial charge in [-0.15, -0.1) is 11.3 Å². The van der Waals surface area contributed by atoms with Gasteiger partial charge in [-0.1, -0.05) is 12.1 Å². The van der Waals surface area contributed by atoms with Crippen LogP contribution in [-0.4, -0.2) is 30.2 Å². The molecule has 0 N–H and O–H groups in total. The molecule has 0 aliphatic heterocycles. The second kappa shape index (κ2) is 7.56. The number of rotatable bonds is 4. The van der Waals surface area contributed by atoms with E-state index in [4.69, 9.17) is 9.47 Å². The third-order valence-corrected chi connectivity index (χ3v) is 5.28. The summed E-state index contributed by atoms with van der Waals surface area (Å²) in [7, 11) is 2.62. The molecule has 0 aliphatic carbocycles. The van der Waals surface area contributed by atoms with Gasteiger partial charge in [0.2, 0.25) is 0 Å². The number of ether oxygens (including phenoxy) is 2. The lowest BCUT2D eigenvalue weighted by Gasteiger charge is -2.15. The smallest absolute Gasteiger partial charge is 0.343 e. The number of thiophene rings is 1. The molecule has 0 saturated heterocycles. The van der Waals surface area contributed by atoms with E-state index in [1.54, 1.807) is 12.3 Å². The molecule has 2 aromatic carbocycles. The molecule has 4 rings (SSSR count). The number of hydrogen-bond acceptors (Lipinski definition) is 6. The third kappa shape index (κ3) is 3.31. The van der Waals surface area contributed by atoms with Crippen LogP contribution in [-0.2, 0) is 4.74 Å². The highest BCUT2D eigenvalue weighted by Crippen LogP contribution is 2.39. The minimum atomic E-state index is -1.01. The van der Waals surface area contributed by atoms with E-state index in [-0.39, 0.29) is 11.3 Å². The van der Waals surface area contributed by atoms with Gasteiger partial charge in [0.25, 0.3) is 0 Å². The van der Waals surface area contributed by atoms with Crippen molar-refractivity contribution in [2.75, 3.05) is 14.2 Å². The van der Waals surface area contributed by atoms with Gasteiger partial charge in [0.15, 0.2) is 11.6 Å². The molecule has 8 heteroatoms. The van der Waals surface area contributed by atoms with Gasteiger partial charge in [-0.25, -0.2) is 18.6 Å². The molecule has 0 atom stereocenters. The summed E-state index contributed by atoms with van der Waals surface area (Å²) in [6, 6.07) is 8.89. The summed E-state index contributed by atoms with van der Waals surface area (Å²) in [6.07, 6.45) is 1.57. The van der Waals surface area contributed by atoms with Crippen molar-refractivity contribution in [3.05, 3.63) is 65.2 Å². The molecular formula is C21H14F2N2O3S. The quantitative estimate of drug-likeness (QED) is 0.437. The van der Waals surface area contributed by atoms with Crippen LogP contribution in [0.3, 0.4) is 0 Å². The standard InChI is InChI=1S/C21H14F2N2O3S/c1-27-20-12(11-5-6-13(22)14(23)8-11)9-15-19(18(20)21(26)28-2)24-10-16(25-15)17-4-3-7-29-17/h3-10H,1-2H3. The van der Waals surface area contributed by atoms with E-state index in [1.807, 2.05) is 17.5 Å². The fourth-order valence-electron chi connectivity index (χ4n) is 3.07. The number of esters is 1. The number of methoxy groups -OCH3 is 2. The molecule has 0 saturated carbocycles. The summed E-state index contributed by atoms with van der Waals surface area (Å²) in [5, 5.41) is 1.92. The first kappa shape index (κ1) is 18.9. The summed E-state index contributed by atoms with van der Waals surface area (Å²) >= 11 is 1.50. The van der Waals surface area contributed by atoms with E-state index in [0.29, 0.717) is 27.9 Å². The molecule has 0 amide bonds. The molecular weight excluding hydrogens is 398 g/mol. The zero-order chi connectivity index (χ0) is 20.5. The van der Waals surface area contributed by atoms with Crippen molar-refractivity contribution in [3.8, 4) is 27.4 Å². The van der Waals surface area contributed by atoms with E-state index in [0.717, 1.165) is 17.0 Å². The second-order valence-electron chi connectivity index (χ2n) is 6.05. The minimum Gasteiger partial charge on any atom is -0.495 e. The minimum absolute atomic E-state index is 0.0671. The van der Waals surface area contributed by atoms with Gasteiger partial charge in [-0.2, -0.15) is 0 Å². The Morgan fingerprint density at radius 1 is 1.10 bits per heavy atom. The Hall–Kier alpha value is -3.39. The molecule has 0 aliphatic rings. The summed E-state index contributed by atoms with van der Waals surface area (Å²) in [6.45, 7) is 0. The number of fused-ring (bicyclic) bond motifs is 1. The lowest BCUT2D eigenvalue weighted by molar-refractivity contribution is 0.0599. The maximum absolute atomic E-state index is 13.9. The molecule has 4 aromatic rings. The first-order valence-corrected chi connectivity index (χ1v) is 9.36. The monoisotopic (exact) mass is 412 g/mol. The van der Waals surface area contributed by atoms with Crippen molar-refractivity contribution in [3.63, 3.8) is 0 Å². The van der Waals surface area contributed by atoms with Crippen LogP contribution in [0.1, 0.15) is 10.4 Å². The van der Waals surface area contributed by atoms with E-state index < -0.39 is 17.6 Å². The topological polar surface area (TPSA) is 61.3 Å². The average molecular weight is 412 g/mol. The molecule has 0 spiro atoms. The van der Waals surface area contributed by atoms with E-state index >= 15 is 0 Å². The van der Waals surface area contributed by atoms with Crippen LogP contribution in [0.15, 0.2) is 48.0 Å². The lowest BCUT2D eigenvalue weighted by atomic mass is 9.99. The first-order chi connectivity index (χ1) is 14.0.